The van der Waals surface area contributed by atoms with Crippen LogP contribution in [0.25, 0.3) is 0 Å². The summed E-state index contributed by atoms with van der Waals surface area (Å²) in [5, 5.41) is 101. The van der Waals surface area contributed by atoms with Gasteiger partial charge in [-0.05, 0) is 51.4 Å². The molecule has 0 amide bonds. The lowest BCUT2D eigenvalue weighted by atomic mass is 10.0. The first-order chi connectivity index (χ1) is 30.4. The smallest absolute Gasteiger partial charge is 0.308 e. The molecule has 0 radical (unpaired) electrons. The summed E-state index contributed by atoms with van der Waals surface area (Å²) < 4.78 is 21.8. The van der Waals surface area contributed by atoms with E-state index in [9.17, 15) is 65.1 Å². The van der Waals surface area contributed by atoms with Crippen LogP contribution in [-0.2, 0) is 38.1 Å². The van der Waals surface area contributed by atoms with Gasteiger partial charge in [-0.25, -0.2) is 0 Å². The first-order valence-corrected chi connectivity index (χ1v) is 23.9. The number of rotatable bonds is 41. The maximum absolute atomic E-state index is 13.1. The largest absolute Gasteiger partial charge is 0.463 e. The van der Waals surface area contributed by atoms with Crippen molar-refractivity contribution < 1.29 is 89.2 Å². The predicted molar refractivity (Wildman–Crippen MR) is 235 cm³/mol. The van der Waals surface area contributed by atoms with Crippen LogP contribution in [0.4, 0.5) is 0 Å². The summed E-state index contributed by atoms with van der Waals surface area (Å²) in [5.74, 6) is -3.14. The second-order valence-electron chi connectivity index (χ2n) is 17.3. The Balaban J connectivity index is 5.36. The topological polar surface area (TPSA) is 308 Å². The Bertz CT molecular complexity index is 1210. The van der Waals surface area contributed by atoms with Gasteiger partial charge in [-0.15, -0.1) is 0 Å². The van der Waals surface area contributed by atoms with Crippen molar-refractivity contribution in [2.24, 2.45) is 0 Å². The zero-order valence-corrected chi connectivity index (χ0v) is 39.1. The van der Waals surface area contributed by atoms with Crippen molar-refractivity contribution in [1.82, 2.24) is 0 Å². The number of aliphatic hydroxyl groups is 10. The van der Waals surface area contributed by atoms with Crippen LogP contribution in [0.5, 0.6) is 0 Å². The maximum atomic E-state index is 13.1. The predicted octanol–water partition coefficient (Wildman–Crippen LogP) is 2.95. The fraction of sp³-hybridized carbons (Fsp3) is 0.913. The molecule has 0 bridgehead atoms. The van der Waals surface area contributed by atoms with Gasteiger partial charge in [0.2, 0.25) is 0 Å². The van der Waals surface area contributed by atoms with E-state index in [1.54, 1.807) is 0 Å². The molecule has 0 saturated heterocycles. The highest BCUT2D eigenvalue weighted by atomic mass is 16.6. The average molecular weight is 927 g/mol. The highest BCUT2D eigenvalue weighted by Gasteiger charge is 2.32. The lowest BCUT2D eigenvalue weighted by Crippen LogP contribution is -2.47. The lowest BCUT2D eigenvalue weighted by Gasteiger charge is -2.25. The molecular weight excluding hydrogens is 840 g/mol. The van der Waals surface area contributed by atoms with E-state index in [2.05, 4.69) is 0 Å². The van der Waals surface area contributed by atoms with E-state index in [4.69, 9.17) is 24.1 Å². The normalized spacial score (nSPS) is 17.4. The summed E-state index contributed by atoms with van der Waals surface area (Å²) in [6.07, 6.45) is -5.74. The van der Waals surface area contributed by atoms with E-state index < -0.39 is 130 Å². The highest BCUT2D eigenvalue weighted by molar-refractivity contribution is 5.71. The number of aliphatic hydroxyl groups excluding tert-OH is 10. The van der Waals surface area contributed by atoms with Crippen molar-refractivity contribution in [3.8, 4) is 0 Å². The summed E-state index contributed by atoms with van der Waals surface area (Å²) >= 11 is 0. The minimum Gasteiger partial charge on any atom is -0.463 e. The molecule has 10 N–H and O–H groups in total. The first-order valence-electron chi connectivity index (χ1n) is 23.9. The van der Waals surface area contributed by atoms with E-state index >= 15 is 0 Å². The number of hydrogen-bond donors (Lipinski definition) is 10. The van der Waals surface area contributed by atoms with Crippen LogP contribution in [0.1, 0.15) is 182 Å². The van der Waals surface area contributed by atoms with Crippen LogP contribution < -0.4 is 0 Å². The van der Waals surface area contributed by atoms with E-state index in [-0.39, 0.29) is 32.1 Å². The molecule has 0 aromatic rings. The third-order valence-electron chi connectivity index (χ3n) is 10.9. The standard InChI is InChI=1S/C46H86O18/c1-5-9-13-17-31(48)21-32(49)26-42(56)62-37(19-15-11-7-3)23-34(51)28-44(58)64-38(20-16-12-8-4)24-35(52)27-43(57)63-36(18-14-10-6-2)22-33(50)25-41(55)61-30-40(54)46(60)45(59)39(53)29-47/h31-40,45-54,59-60H,5-30H2,1-4H3. The molecule has 0 fully saturated rings. The van der Waals surface area contributed by atoms with Gasteiger partial charge in [0.1, 0.15) is 49.3 Å². The van der Waals surface area contributed by atoms with Crippen LogP contribution in [0.15, 0.2) is 0 Å². The van der Waals surface area contributed by atoms with Crippen molar-refractivity contribution in [2.75, 3.05) is 13.2 Å². The third kappa shape index (κ3) is 31.4. The Hall–Kier alpha value is -2.52. The first kappa shape index (κ1) is 61.5. The molecule has 0 aromatic carbocycles. The summed E-state index contributed by atoms with van der Waals surface area (Å²) in [4.78, 5) is 51.2. The van der Waals surface area contributed by atoms with Crippen molar-refractivity contribution >= 4 is 23.9 Å². The molecule has 18 heteroatoms. The molecule has 0 aliphatic rings. The van der Waals surface area contributed by atoms with Gasteiger partial charge in [0.15, 0.2) is 0 Å². The van der Waals surface area contributed by atoms with Crippen LogP contribution in [0.2, 0.25) is 0 Å². The molecule has 0 aromatic heterocycles. The Morgan fingerprint density at radius 2 is 0.703 bits per heavy atom. The lowest BCUT2D eigenvalue weighted by molar-refractivity contribution is -0.159. The molecule has 0 aliphatic carbocycles. The fourth-order valence-corrected chi connectivity index (χ4v) is 7.22. The Kier molecular flexibility index (Phi) is 36.1. The van der Waals surface area contributed by atoms with E-state index in [0.29, 0.717) is 44.9 Å². The minimum absolute atomic E-state index is 0.0409. The number of carbonyl (C=O) groups excluding carboxylic acids is 4. The second kappa shape index (κ2) is 37.6. The van der Waals surface area contributed by atoms with Gasteiger partial charge in [-0.2, -0.15) is 0 Å². The molecule has 0 heterocycles. The fourth-order valence-electron chi connectivity index (χ4n) is 7.22. The van der Waals surface area contributed by atoms with E-state index in [0.717, 1.165) is 57.8 Å². The molecule has 0 saturated carbocycles. The zero-order chi connectivity index (χ0) is 48.5. The van der Waals surface area contributed by atoms with Gasteiger partial charge in [-0.1, -0.05) is 85.5 Å². The molecule has 0 spiro atoms. The summed E-state index contributed by atoms with van der Waals surface area (Å²) in [5.41, 5.74) is 0. The van der Waals surface area contributed by atoms with Gasteiger partial charge in [0, 0.05) is 19.3 Å². The molecule has 12 atom stereocenters. The van der Waals surface area contributed by atoms with Crippen molar-refractivity contribution in [3.63, 3.8) is 0 Å². The van der Waals surface area contributed by atoms with E-state index in [1.807, 2.05) is 27.7 Å². The number of carbonyl (C=O) groups is 4. The molecule has 18 nitrogen and oxygen atoms in total. The number of unbranched alkanes of at least 4 members (excludes halogenated alkanes) is 8. The minimum atomic E-state index is -1.94. The summed E-state index contributed by atoms with van der Waals surface area (Å²) in [6, 6.07) is 0. The van der Waals surface area contributed by atoms with Crippen molar-refractivity contribution in [3.05, 3.63) is 0 Å². The maximum Gasteiger partial charge on any atom is 0.308 e. The van der Waals surface area contributed by atoms with Crippen LogP contribution >= 0.6 is 0 Å². The van der Waals surface area contributed by atoms with Crippen molar-refractivity contribution in [1.29, 1.82) is 0 Å². The average Bonchev–Trinajstić information content (AvgIpc) is 3.21. The monoisotopic (exact) mass is 927 g/mol. The third-order valence-corrected chi connectivity index (χ3v) is 10.9. The zero-order valence-electron chi connectivity index (χ0n) is 39.1. The summed E-state index contributed by atoms with van der Waals surface area (Å²) in [6.45, 7) is 6.38. The highest BCUT2D eigenvalue weighted by Crippen LogP contribution is 2.21. The van der Waals surface area contributed by atoms with Crippen LogP contribution in [0, 0.1) is 0 Å². The van der Waals surface area contributed by atoms with Gasteiger partial charge in [-0.3, -0.25) is 19.2 Å². The summed E-state index contributed by atoms with van der Waals surface area (Å²) in [7, 11) is 0. The number of ether oxygens (including phenoxy) is 4. The number of hydrogen-bond acceptors (Lipinski definition) is 18. The van der Waals surface area contributed by atoms with E-state index in [1.165, 1.54) is 0 Å². The molecule has 12 unspecified atom stereocenters. The van der Waals surface area contributed by atoms with Gasteiger partial charge >= 0.3 is 23.9 Å². The van der Waals surface area contributed by atoms with Gasteiger partial charge < -0.3 is 70.0 Å². The molecular formula is C46H86O18. The Morgan fingerprint density at radius 3 is 1.05 bits per heavy atom. The van der Waals surface area contributed by atoms with Crippen LogP contribution in [0.3, 0.4) is 0 Å². The van der Waals surface area contributed by atoms with Crippen LogP contribution in [-0.4, -0.2) is 161 Å². The number of esters is 4. The van der Waals surface area contributed by atoms with Crippen molar-refractivity contribution in [2.45, 2.75) is 255 Å². The Morgan fingerprint density at radius 1 is 0.391 bits per heavy atom. The van der Waals surface area contributed by atoms with Gasteiger partial charge in [0.25, 0.3) is 0 Å². The molecule has 0 aliphatic heterocycles. The SMILES string of the molecule is CCCCCC(O)CC(O)CC(=O)OC(CCCCC)CC(O)CC(=O)OC(CCCCC)CC(O)CC(=O)OC(CCCCC)CC(O)CC(=O)OCC(O)C(O)C(O)C(O)CO. The second-order valence-corrected chi connectivity index (χ2v) is 17.3. The molecule has 378 valence electrons. The molecule has 64 heavy (non-hydrogen) atoms. The molecule has 0 rings (SSSR count). The Labute approximate surface area is 380 Å². The quantitative estimate of drug-likeness (QED) is 0.0239. The van der Waals surface area contributed by atoms with Gasteiger partial charge in [0.05, 0.1) is 62.8 Å².